The first kappa shape index (κ1) is 32.9. The van der Waals surface area contributed by atoms with Gasteiger partial charge in [0.05, 0.1) is 35.9 Å². The number of ether oxygens (including phenoxy) is 2. The van der Waals surface area contributed by atoms with Crippen LogP contribution in [0.15, 0.2) is 60.9 Å². The van der Waals surface area contributed by atoms with Crippen molar-refractivity contribution in [2.75, 3.05) is 0 Å². The molecule has 0 spiro atoms. The summed E-state index contributed by atoms with van der Waals surface area (Å²) in [5, 5.41) is 0. The number of piperidine rings is 2. The van der Waals surface area contributed by atoms with Crippen LogP contribution in [-0.4, -0.2) is 78.0 Å². The Balaban J connectivity index is 0.810. The summed E-state index contributed by atoms with van der Waals surface area (Å²) in [5.74, 6) is 2.12. The maximum absolute atomic E-state index is 13.6. The molecule has 0 unspecified atom stereocenters. The van der Waals surface area contributed by atoms with Gasteiger partial charge >= 0.3 is 12.2 Å². The number of nitrogens with one attached hydrogen (secondary N) is 2. The first-order valence-corrected chi connectivity index (χ1v) is 19.1. The van der Waals surface area contributed by atoms with E-state index in [0.717, 1.165) is 96.7 Å². The number of rotatable bonds is 11. The Bertz CT molecular complexity index is 1990. The van der Waals surface area contributed by atoms with E-state index in [2.05, 4.69) is 58.5 Å². The average Bonchev–Trinajstić information content (AvgIpc) is 4.13. The average molecular weight is 731 g/mol. The summed E-state index contributed by atoms with van der Waals surface area (Å²) in [6, 6.07) is 16.5. The lowest BCUT2D eigenvalue weighted by atomic mass is 10.0. The largest absolute Gasteiger partial charge is 0.436 e. The molecule has 0 radical (unpaired) electrons. The highest BCUT2D eigenvalue weighted by molar-refractivity contribution is 5.86. The summed E-state index contributed by atoms with van der Waals surface area (Å²) in [7, 11) is 0. The van der Waals surface area contributed by atoms with Crippen molar-refractivity contribution < 1.29 is 28.7 Å². The zero-order valence-corrected chi connectivity index (χ0v) is 29.6. The predicted octanol–water partition coefficient (Wildman–Crippen LogP) is 5.21. The summed E-state index contributed by atoms with van der Waals surface area (Å²) < 4.78 is 10.6. The van der Waals surface area contributed by atoms with Gasteiger partial charge in [0.15, 0.2) is 12.2 Å². The van der Waals surface area contributed by atoms with E-state index in [0.29, 0.717) is 11.8 Å². The number of imidazole rings is 2. The second-order valence-corrected chi connectivity index (χ2v) is 16.0. The number of benzene rings is 2. The highest BCUT2D eigenvalue weighted by Gasteiger charge is 2.59. The minimum atomic E-state index is -0.911. The Morgan fingerprint density at radius 3 is 1.31 bits per heavy atom. The molecule has 2 saturated heterocycles. The molecule has 14 nitrogen and oxygen atoms in total. The fraction of sp³-hybridized carbons (Fsp3) is 0.450. The van der Waals surface area contributed by atoms with Gasteiger partial charge in [0.1, 0.15) is 11.6 Å². The number of amides is 4. The number of fused-ring (bicyclic) bond motifs is 2. The molecule has 10 rings (SSSR count). The van der Waals surface area contributed by atoms with Gasteiger partial charge in [0.2, 0.25) is 0 Å². The van der Waals surface area contributed by atoms with E-state index in [1.165, 1.54) is 0 Å². The van der Waals surface area contributed by atoms with Gasteiger partial charge in [-0.25, -0.2) is 19.6 Å². The number of H-pyrrole nitrogens is 2. The van der Waals surface area contributed by atoms with Gasteiger partial charge in [-0.2, -0.15) is 0 Å². The highest BCUT2D eigenvalue weighted by Crippen LogP contribution is 2.55. The Morgan fingerprint density at radius 1 is 0.593 bits per heavy atom. The lowest BCUT2D eigenvalue weighted by molar-refractivity contribution is -0.144. The quantitative estimate of drug-likeness (QED) is 0.161. The number of carbonyl (C=O) groups is 4. The van der Waals surface area contributed by atoms with Gasteiger partial charge in [-0.3, -0.25) is 9.59 Å². The van der Waals surface area contributed by atoms with Gasteiger partial charge in [-0.05, 0) is 85.5 Å². The number of nitrogens with two attached hydrogens (primary N) is 2. The molecule has 8 atom stereocenters. The van der Waals surface area contributed by atoms with E-state index in [1.807, 2.05) is 22.2 Å². The molecule has 4 saturated carbocycles. The number of nitrogens with zero attached hydrogens (tertiary/aromatic N) is 4. The van der Waals surface area contributed by atoms with Crippen LogP contribution in [0, 0.1) is 23.7 Å². The van der Waals surface area contributed by atoms with Crippen molar-refractivity contribution in [1.29, 1.82) is 0 Å². The molecule has 4 heterocycles. The van der Waals surface area contributed by atoms with Gasteiger partial charge in [-0.1, -0.05) is 48.5 Å². The Labute approximate surface area is 311 Å². The van der Waals surface area contributed by atoms with Crippen molar-refractivity contribution >= 4 is 24.0 Å². The summed E-state index contributed by atoms with van der Waals surface area (Å²) in [5.41, 5.74) is 16.5. The third kappa shape index (κ3) is 5.97. The van der Waals surface area contributed by atoms with Gasteiger partial charge in [0, 0.05) is 23.9 Å². The number of aromatic amines is 2. The van der Waals surface area contributed by atoms with Crippen LogP contribution < -0.4 is 11.5 Å². The molecule has 4 aromatic rings. The van der Waals surface area contributed by atoms with Crippen molar-refractivity contribution in [2.45, 2.75) is 87.7 Å². The number of likely N-dealkylation sites (tertiary alicyclic amines) is 2. The summed E-state index contributed by atoms with van der Waals surface area (Å²) in [6.45, 7) is 0. The van der Waals surface area contributed by atoms with E-state index in [-0.39, 0.29) is 47.8 Å². The first-order valence-electron chi connectivity index (χ1n) is 19.1. The van der Waals surface area contributed by atoms with Gasteiger partial charge in [0.25, 0.3) is 11.8 Å². The lowest BCUT2D eigenvalue weighted by Crippen LogP contribution is -2.44. The van der Waals surface area contributed by atoms with Crippen LogP contribution in [0.2, 0.25) is 0 Å². The van der Waals surface area contributed by atoms with Crippen LogP contribution >= 0.6 is 0 Å². The minimum Gasteiger partial charge on any atom is -0.436 e. The number of aromatic nitrogens is 4. The lowest BCUT2D eigenvalue weighted by Gasteiger charge is -2.29. The SMILES string of the molecule is NC(=O)O[C@H](C(=O)N1[C@H](c2ncc(-c3ccc(-c4ccc(-c5cnc([C@@H]6C[C@@H]7C[C@@H]7N6C(=O)[C@@H](OC(N)=O)C6CC6)[nH]5)cc4)cc3)[nH]2)C[C@@H]2C[C@@H]21)C1CC1. The standard InChI is InChI=1S/C40H42N8O6/c41-39(51)53-33(23-9-10-23)37(49)47-29-13-25(29)15-31(47)35-43-17-27(45-35)21-5-1-19(2-6-21)20-3-7-22(8-4-20)28-18-44-36(46-28)32-16-26-14-30(26)48(32)38(50)34(24-11-12-24)54-40(42)52/h1-8,17-18,23-26,29-34H,9-16H2,(H2,41,51)(H2,42,52)(H,43,45)(H,44,46)/t25-,26-,29-,30-,31-,32-,33-,34-/m0/s1. The molecule has 278 valence electrons. The maximum atomic E-state index is 13.6. The fourth-order valence-electron chi connectivity index (χ4n) is 9.06. The molecule has 2 aromatic heterocycles. The van der Waals surface area contributed by atoms with E-state index in [9.17, 15) is 19.2 Å². The molecule has 6 aliphatic rings. The number of hydrogen-bond acceptors (Lipinski definition) is 8. The van der Waals surface area contributed by atoms with E-state index in [1.54, 1.807) is 0 Å². The molecule has 4 amide bonds. The first-order chi connectivity index (χ1) is 26.2. The maximum Gasteiger partial charge on any atom is 0.405 e. The van der Waals surface area contributed by atoms with E-state index >= 15 is 0 Å². The molecule has 54 heavy (non-hydrogen) atoms. The minimum absolute atomic E-state index is 0.0404. The molecule has 2 aromatic carbocycles. The molecule has 14 heteroatoms. The van der Waals surface area contributed by atoms with Crippen LogP contribution in [0.4, 0.5) is 9.59 Å². The summed E-state index contributed by atoms with van der Waals surface area (Å²) in [4.78, 5) is 70.5. The van der Waals surface area contributed by atoms with E-state index in [4.69, 9.17) is 30.9 Å². The zero-order chi connectivity index (χ0) is 36.8. The molecule has 0 bridgehead atoms. The number of hydrogen-bond donors (Lipinski definition) is 4. The van der Waals surface area contributed by atoms with Crippen LogP contribution in [-0.2, 0) is 19.1 Å². The fourth-order valence-corrected chi connectivity index (χ4v) is 9.06. The third-order valence-corrected chi connectivity index (χ3v) is 12.3. The second kappa shape index (κ2) is 12.5. The summed E-state index contributed by atoms with van der Waals surface area (Å²) >= 11 is 0. The topological polar surface area (TPSA) is 203 Å². The molecule has 6 fully saturated rings. The zero-order valence-electron chi connectivity index (χ0n) is 29.6. The number of carbonyl (C=O) groups excluding carboxylic acids is 4. The van der Waals surface area contributed by atoms with Gasteiger partial charge in [-0.15, -0.1) is 0 Å². The van der Waals surface area contributed by atoms with Crippen molar-refractivity contribution in [3.63, 3.8) is 0 Å². The van der Waals surface area contributed by atoms with Crippen LogP contribution in [0.5, 0.6) is 0 Å². The highest BCUT2D eigenvalue weighted by atomic mass is 16.6. The van der Waals surface area contributed by atoms with Crippen molar-refractivity contribution in [3.8, 4) is 33.6 Å². The van der Waals surface area contributed by atoms with Gasteiger partial charge < -0.3 is 40.7 Å². The third-order valence-electron chi connectivity index (χ3n) is 12.3. The molecule has 2 aliphatic heterocycles. The summed E-state index contributed by atoms with van der Waals surface area (Å²) in [6.07, 6.45) is 7.20. The molecule has 6 N–H and O–H groups in total. The van der Waals surface area contributed by atoms with Crippen LogP contribution in [0.1, 0.15) is 75.1 Å². The molecular weight excluding hydrogens is 688 g/mol. The van der Waals surface area contributed by atoms with Crippen LogP contribution in [0.25, 0.3) is 33.6 Å². The van der Waals surface area contributed by atoms with Crippen molar-refractivity contribution in [3.05, 3.63) is 72.6 Å². The predicted molar refractivity (Wildman–Crippen MR) is 194 cm³/mol. The molecular formula is C40H42N8O6. The monoisotopic (exact) mass is 730 g/mol. The van der Waals surface area contributed by atoms with E-state index < -0.39 is 24.4 Å². The Kier molecular flexibility index (Phi) is 7.60. The second-order valence-electron chi connectivity index (χ2n) is 16.0. The Hall–Kier alpha value is -5.66. The molecule has 4 aliphatic carbocycles. The van der Waals surface area contributed by atoms with Crippen molar-refractivity contribution in [1.82, 2.24) is 29.7 Å². The normalized spacial score (nSPS) is 27.5. The number of primary amides is 2. The van der Waals surface area contributed by atoms with Crippen LogP contribution in [0.3, 0.4) is 0 Å². The van der Waals surface area contributed by atoms with Crippen molar-refractivity contribution in [2.24, 2.45) is 35.1 Å². The Morgan fingerprint density at radius 2 is 0.963 bits per heavy atom. The smallest absolute Gasteiger partial charge is 0.405 e.